The number of hydrogen-bond acceptors (Lipinski definition) is 5. The van der Waals surface area contributed by atoms with Crippen LogP contribution in [0.4, 0.5) is 11.4 Å². The molecule has 1 aliphatic rings. The summed E-state index contributed by atoms with van der Waals surface area (Å²) in [5.74, 6) is -0.894. The maximum absolute atomic E-state index is 12.3. The zero-order chi connectivity index (χ0) is 18.5. The number of benzene rings is 1. The number of carbonyl (C=O) groups excluding carboxylic acids is 2. The number of aryl methyl sites for hydroxylation is 1. The fraction of sp³-hybridized carbons (Fsp3) is 0.368. The molecule has 1 aromatic heterocycles. The van der Waals surface area contributed by atoms with Crippen LogP contribution in [-0.2, 0) is 21.3 Å². The van der Waals surface area contributed by atoms with E-state index in [4.69, 9.17) is 9.47 Å². The van der Waals surface area contributed by atoms with E-state index in [0.29, 0.717) is 11.4 Å². The Morgan fingerprint density at radius 2 is 1.85 bits per heavy atom. The number of ether oxygens (including phenoxy) is 2. The highest BCUT2D eigenvalue weighted by molar-refractivity contribution is 5.97. The zero-order valence-electron chi connectivity index (χ0n) is 15.0. The van der Waals surface area contributed by atoms with Crippen molar-refractivity contribution in [1.29, 1.82) is 0 Å². The summed E-state index contributed by atoms with van der Waals surface area (Å²) < 4.78 is 12.2. The number of carbonyl (C=O) groups is 2. The minimum absolute atomic E-state index is 0.369. The number of amides is 1. The summed E-state index contributed by atoms with van der Waals surface area (Å²) >= 11 is 0. The third kappa shape index (κ3) is 4.23. The minimum Gasteiger partial charge on any atom is -0.448 e. The molecule has 0 radical (unpaired) electrons. The third-order valence-electron chi connectivity index (χ3n) is 4.32. The van der Waals surface area contributed by atoms with Crippen LogP contribution in [0.5, 0.6) is 0 Å². The molecule has 7 nitrogen and oxygen atoms in total. The van der Waals surface area contributed by atoms with E-state index >= 15 is 0 Å². The second-order valence-electron chi connectivity index (χ2n) is 6.19. The van der Waals surface area contributed by atoms with E-state index in [0.717, 1.165) is 32.0 Å². The van der Waals surface area contributed by atoms with Crippen LogP contribution in [0.2, 0.25) is 0 Å². The van der Waals surface area contributed by atoms with Gasteiger partial charge < -0.3 is 24.3 Å². The molecule has 0 aliphatic carbocycles. The lowest BCUT2D eigenvalue weighted by Gasteiger charge is -2.28. The minimum atomic E-state index is -0.892. The third-order valence-corrected chi connectivity index (χ3v) is 4.32. The summed E-state index contributed by atoms with van der Waals surface area (Å²) in [7, 11) is 1.75. The van der Waals surface area contributed by atoms with Crippen LogP contribution in [0.1, 0.15) is 17.4 Å². The molecule has 1 fully saturated rings. The average molecular weight is 357 g/mol. The molecule has 7 heteroatoms. The van der Waals surface area contributed by atoms with Gasteiger partial charge in [-0.1, -0.05) is 0 Å². The molecule has 1 unspecified atom stereocenters. The Kier molecular flexibility index (Phi) is 5.58. The van der Waals surface area contributed by atoms with Gasteiger partial charge in [-0.15, -0.1) is 0 Å². The van der Waals surface area contributed by atoms with Gasteiger partial charge in [0.25, 0.3) is 5.91 Å². The molecule has 1 N–H and O–H groups in total. The lowest BCUT2D eigenvalue weighted by molar-refractivity contribution is -0.123. The van der Waals surface area contributed by atoms with Gasteiger partial charge in [0.15, 0.2) is 6.10 Å². The Labute approximate surface area is 152 Å². The van der Waals surface area contributed by atoms with Crippen molar-refractivity contribution in [2.75, 3.05) is 36.5 Å². The van der Waals surface area contributed by atoms with E-state index < -0.39 is 12.1 Å². The van der Waals surface area contributed by atoms with E-state index in [1.54, 1.807) is 36.9 Å². The molecule has 138 valence electrons. The van der Waals surface area contributed by atoms with Crippen molar-refractivity contribution in [1.82, 2.24) is 4.57 Å². The second kappa shape index (κ2) is 8.05. The number of nitrogens with one attached hydrogen (secondary N) is 1. The summed E-state index contributed by atoms with van der Waals surface area (Å²) in [6.07, 6.45) is 0.855. The van der Waals surface area contributed by atoms with Gasteiger partial charge in [-0.25, -0.2) is 4.79 Å². The standard InChI is InChI=1S/C19H23N3O4/c1-14(26-19(24)17-4-3-9-21(17)2)18(23)20-15-5-7-16(8-6-15)22-10-12-25-13-11-22/h3-9,14H,10-13H2,1-2H3,(H,20,23). The van der Waals surface area contributed by atoms with Crippen molar-refractivity contribution in [2.24, 2.45) is 7.05 Å². The topological polar surface area (TPSA) is 72.8 Å². The molecule has 2 aromatic rings. The van der Waals surface area contributed by atoms with Gasteiger partial charge in [-0.05, 0) is 43.3 Å². The average Bonchev–Trinajstić information content (AvgIpc) is 3.09. The van der Waals surface area contributed by atoms with Crippen molar-refractivity contribution in [2.45, 2.75) is 13.0 Å². The Morgan fingerprint density at radius 1 is 1.15 bits per heavy atom. The van der Waals surface area contributed by atoms with Gasteiger partial charge in [0.1, 0.15) is 5.69 Å². The molecule has 0 spiro atoms. The Hall–Kier alpha value is -2.80. The first-order valence-corrected chi connectivity index (χ1v) is 8.60. The van der Waals surface area contributed by atoms with Gasteiger partial charge in [0, 0.05) is 37.7 Å². The van der Waals surface area contributed by atoms with Crippen LogP contribution >= 0.6 is 0 Å². The van der Waals surface area contributed by atoms with Gasteiger partial charge in [0.05, 0.1) is 13.2 Å². The summed E-state index contributed by atoms with van der Waals surface area (Å²) in [5, 5.41) is 2.77. The van der Waals surface area contributed by atoms with Crippen LogP contribution in [0.15, 0.2) is 42.6 Å². The van der Waals surface area contributed by atoms with Gasteiger partial charge in [-0.2, -0.15) is 0 Å². The van der Waals surface area contributed by atoms with Gasteiger partial charge >= 0.3 is 5.97 Å². The largest absolute Gasteiger partial charge is 0.448 e. The van der Waals surface area contributed by atoms with Crippen LogP contribution < -0.4 is 10.2 Å². The van der Waals surface area contributed by atoms with E-state index in [1.165, 1.54) is 0 Å². The fourth-order valence-electron chi connectivity index (χ4n) is 2.77. The number of esters is 1. The monoisotopic (exact) mass is 357 g/mol. The number of nitrogens with zero attached hydrogens (tertiary/aromatic N) is 2. The Bertz CT molecular complexity index is 763. The van der Waals surface area contributed by atoms with Crippen molar-refractivity contribution in [3.63, 3.8) is 0 Å². The quantitative estimate of drug-likeness (QED) is 0.829. The predicted octanol–water partition coefficient (Wildman–Crippen LogP) is 2.05. The first kappa shape index (κ1) is 18.0. The molecule has 1 saturated heterocycles. The second-order valence-corrected chi connectivity index (χ2v) is 6.19. The van der Waals surface area contributed by atoms with E-state index in [1.807, 2.05) is 24.3 Å². The molecule has 3 rings (SSSR count). The van der Waals surface area contributed by atoms with Crippen molar-refractivity contribution in [3.05, 3.63) is 48.3 Å². The molecule has 2 heterocycles. The fourth-order valence-corrected chi connectivity index (χ4v) is 2.77. The molecule has 1 atom stereocenters. The van der Waals surface area contributed by atoms with E-state index in [9.17, 15) is 9.59 Å². The van der Waals surface area contributed by atoms with Crippen molar-refractivity contribution >= 4 is 23.3 Å². The maximum atomic E-state index is 12.3. The van der Waals surface area contributed by atoms with Crippen LogP contribution in [0.25, 0.3) is 0 Å². The van der Waals surface area contributed by atoms with Gasteiger partial charge in [0.2, 0.25) is 0 Å². The molecule has 26 heavy (non-hydrogen) atoms. The first-order valence-electron chi connectivity index (χ1n) is 8.60. The number of morpholine rings is 1. The highest BCUT2D eigenvalue weighted by atomic mass is 16.5. The van der Waals surface area contributed by atoms with Gasteiger partial charge in [-0.3, -0.25) is 4.79 Å². The highest BCUT2D eigenvalue weighted by Gasteiger charge is 2.20. The van der Waals surface area contributed by atoms with Crippen LogP contribution in [0.3, 0.4) is 0 Å². The summed E-state index contributed by atoms with van der Waals surface area (Å²) in [6.45, 7) is 4.72. The summed E-state index contributed by atoms with van der Waals surface area (Å²) in [5.41, 5.74) is 2.16. The molecule has 1 aromatic carbocycles. The summed E-state index contributed by atoms with van der Waals surface area (Å²) in [6, 6.07) is 11.0. The molecular formula is C19H23N3O4. The van der Waals surface area contributed by atoms with Crippen molar-refractivity contribution < 1.29 is 19.1 Å². The lowest BCUT2D eigenvalue weighted by Crippen LogP contribution is -2.36. The van der Waals surface area contributed by atoms with Crippen LogP contribution in [0, 0.1) is 0 Å². The maximum Gasteiger partial charge on any atom is 0.355 e. The van der Waals surface area contributed by atoms with E-state index in [-0.39, 0.29) is 5.91 Å². The van der Waals surface area contributed by atoms with E-state index in [2.05, 4.69) is 10.2 Å². The molecule has 0 saturated carbocycles. The Balaban J connectivity index is 1.55. The highest BCUT2D eigenvalue weighted by Crippen LogP contribution is 2.19. The molecule has 1 amide bonds. The predicted molar refractivity (Wildman–Crippen MR) is 98.4 cm³/mol. The number of hydrogen-bond donors (Lipinski definition) is 1. The SMILES string of the molecule is CC(OC(=O)c1cccn1C)C(=O)Nc1ccc(N2CCOCC2)cc1. The van der Waals surface area contributed by atoms with Crippen LogP contribution in [-0.4, -0.2) is 48.9 Å². The normalized spacial score (nSPS) is 15.4. The smallest absolute Gasteiger partial charge is 0.355 e. The number of anilines is 2. The van der Waals surface area contributed by atoms with Crippen molar-refractivity contribution in [3.8, 4) is 0 Å². The molecule has 1 aliphatic heterocycles. The lowest BCUT2D eigenvalue weighted by atomic mass is 10.2. The zero-order valence-corrected chi connectivity index (χ0v) is 15.0. The summed E-state index contributed by atoms with van der Waals surface area (Å²) in [4.78, 5) is 26.6. The molecular weight excluding hydrogens is 334 g/mol. The first-order chi connectivity index (χ1) is 12.5. The number of rotatable bonds is 5. The molecule has 0 bridgehead atoms. The Morgan fingerprint density at radius 3 is 2.46 bits per heavy atom. The number of aromatic nitrogens is 1.